The number of esters is 1. The van der Waals surface area contributed by atoms with Crippen molar-refractivity contribution in [3.05, 3.63) is 0 Å². The summed E-state index contributed by atoms with van der Waals surface area (Å²) in [4.78, 5) is 12.2. The topological polar surface area (TPSA) is 38.3 Å². The van der Waals surface area contributed by atoms with Crippen LogP contribution in [0.1, 0.15) is 58.8 Å². The van der Waals surface area contributed by atoms with Crippen LogP contribution in [0.2, 0.25) is 0 Å². The number of ether oxygens (including phenoxy) is 1. The van der Waals surface area contributed by atoms with Crippen LogP contribution >= 0.6 is 0 Å². The van der Waals surface area contributed by atoms with Gasteiger partial charge in [-0.2, -0.15) is 0 Å². The first-order chi connectivity index (χ1) is 8.09. The van der Waals surface area contributed by atoms with Crippen LogP contribution in [0.3, 0.4) is 0 Å². The van der Waals surface area contributed by atoms with Crippen LogP contribution in [0.15, 0.2) is 0 Å². The van der Waals surface area contributed by atoms with Gasteiger partial charge >= 0.3 is 5.97 Å². The van der Waals surface area contributed by atoms with Gasteiger partial charge in [0.15, 0.2) is 0 Å². The molecule has 1 N–H and O–H groups in total. The maximum absolute atomic E-state index is 12.2. The van der Waals surface area contributed by atoms with E-state index in [1.165, 1.54) is 19.3 Å². The fourth-order valence-corrected chi connectivity index (χ4v) is 3.03. The van der Waals surface area contributed by atoms with Crippen molar-refractivity contribution in [2.45, 2.75) is 70.9 Å². The molecule has 0 aromatic carbocycles. The molecule has 1 atom stereocenters. The number of carbonyl (C=O) groups excluding carboxylic acids is 1. The minimum Gasteiger partial charge on any atom is -0.461 e. The molecule has 3 nitrogen and oxygen atoms in total. The van der Waals surface area contributed by atoms with Gasteiger partial charge in [-0.25, -0.2) is 0 Å². The summed E-state index contributed by atoms with van der Waals surface area (Å²) >= 11 is 0. The number of piperidine rings is 1. The summed E-state index contributed by atoms with van der Waals surface area (Å²) in [6, 6.07) is -0.113. The molecule has 1 unspecified atom stereocenters. The predicted molar refractivity (Wildman–Crippen MR) is 67.8 cm³/mol. The van der Waals surface area contributed by atoms with Gasteiger partial charge in [-0.15, -0.1) is 0 Å². The standard InChI is InChI=1S/C14H25NO2/c1-14(2)9-6-10-15-12(14)13(16)17-11-7-4-3-5-8-11/h11-12,15H,3-10H2,1-2H3. The van der Waals surface area contributed by atoms with Crippen LogP contribution in [-0.4, -0.2) is 24.7 Å². The van der Waals surface area contributed by atoms with Crippen LogP contribution in [0.5, 0.6) is 0 Å². The van der Waals surface area contributed by atoms with Crippen molar-refractivity contribution in [3.8, 4) is 0 Å². The molecule has 1 aliphatic heterocycles. The second kappa shape index (κ2) is 5.38. The van der Waals surface area contributed by atoms with E-state index in [2.05, 4.69) is 19.2 Å². The third kappa shape index (κ3) is 3.21. The second-order valence-electron chi connectivity index (χ2n) is 6.18. The summed E-state index contributed by atoms with van der Waals surface area (Å²) in [6.45, 7) is 5.26. The molecule has 1 saturated heterocycles. The Morgan fingerprint density at radius 3 is 2.53 bits per heavy atom. The molecule has 0 spiro atoms. The average Bonchev–Trinajstić information content (AvgIpc) is 2.29. The van der Waals surface area contributed by atoms with Gasteiger partial charge in [-0.3, -0.25) is 4.79 Å². The third-order valence-electron chi connectivity index (χ3n) is 4.20. The Kier molecular flexibility index (Phi) is 4.08. The van der Waals surface area contributed by atoms with Gasteiger partial charge in [0, 0.05) is 0 Å². The highest BCUT2D eigenvalue weighted by atomic mass is 16.5. The van der Waals surface area contributed by atoms with E-state index in [1.807, 2.05) is 0 Å². The molecule has 17 heavy (non-hydrogen) atoms. The molecule has 1 aliphatic carbocycles. The summed E-state index contributed by atoms with van der Waals surface area (Å²) in [5.74, 6) is -0.0263. The monoisotopic (exact) mass is 239 g/mol. The number of rotatable bonds is 2. The van der Waals surface area contributed by atoms with E-state index in [-0.39, 0.29) is 23.5 Å². The summed E-state index contributed by atoms with van der Waals surface area (Å²) < 4.78 is 5.66. The van der Waals surface area contributed by atoms with Crippen LogP contribution in [-0.2, 0) is 9.53 Å². The third-order valence-corrected chi connectivity index (χ3v) is 4.20. The van der Waals surface area contributed by atoms with Crippen molar-refractivity contribution >= 4 is 5.97 Å². The SMILES string of the molecule is CC1(C)CCCNC1C(=O)OC1CCCCC1. The van der Waals surface area contributed by atoms with E-state index >= 15 is 0 Å². The van der Waals surface area contributed by atoms with Gasteiger partial charge in [0.25, 0.3) is 0 Å². The van der Waals surface area contributed by atoms with Crippen molar-refractivity contribution in [2.24, 2.45) is 5.41 Å². The number of hydrogen-bond donors (Lipinski definition) is 1. The quantitative estimate of drug-likeness (QED) is 0.753. The summed E-state index contributed by atoms with van der Waals surface area (Å²) in [6.07, 6.45) is 8.25. The van der Waals surface area contributed by atoms with Crippen LogP contribution in [0, 0.1) is 5.41 Å². The zero-order chi connectivity index (χ0) is 12.3. The lowest BCUT2D eigenvalue weighted by Crippen LogP contribution is -2.53. The first-order valence-electron chi connectivity index (χ1n) is 7.03. The van der Waals surface area contributed by atoms with E-state index in [0.29, 0.717) is 0 Å². The molecular formula is C14H25NO2. The molecule has 1 saturated carbocycles. The van der Waals surface area contributed by atoms with Gasteiger partial charge in [0.1, 0.15) is 12.1 Å². The minimum absolute atomic E-state index is 0.0263. The molecular weight excluding hydrogens is 214 g/mol. The van der Waals surface area contributed by atoms with Gasteiger partial charge < -0.3 is 10.1 Å². The fourth-order valence-electron chi connectivity index (χ4n) is 3.03. The van der Waals surface area contributed by atoms with E-state index in [0.717, 1.165) is 32.2 Å². The van der Waals surface area contributed by atoms with Crippen LogP contribution < -0.4 is 5.32 Å². The predicted octanol–water partition coefficient (Wildman–Crippen LogP) is 2.64. The first kappa shape index (κ1) is 12.9. The smallest absolute Gasteiger partial charge is 0.323 e. The molecule has 2 rings (SSSR count). The first-order valence-corrected chi connectivity index (χ1v) is 7.03. The number of nitrogens with one attached hydrogen (secondary N) is 1. The lowest BCUT2D eigenvalue weighted by Gasteiger charge is -2.38. The van der Waals surface area contributed by atoms with Crippen LogP contribution in [0.25, 0.3) is 0 Å². The fraction of sp³-hybridized carbons (Fsp3) is 0.929. The largest absolute Gasteiger partial charge is 0.461 e. The molecule has 2 fully saturated rings. The molecule has 1 heterocycles. The highest BCUT2D eigenvalue weighted by Gasteiger charge is 2.39. The molecule has 0 amide bonds. The summed E-state index contributed by atoms with van der Waals surface area (Å²) in [7, 11) is 0. The van der Waals surface area contributed by atoms with Crippen molar-refractivity contribution in [1.82, 2.24) is 5.32 Å². The lowest BCUT2D eigenvalue weighted by atomic mass is 9.77. The maximum atomic E-state index is 12.2. The molecule has 3 heteroatoms. The van der Waals surface area contributed by atoms with Gasteiger partial charge in [-0.1, -0.05) is 20.3 Å². The lowest BCUT2D eigenvalue weighted by molar-refractivity contribution is -0.157. The van der Waals surface area contributed by atoms with Gasteiger partial charge in [-0.05, 0) is 50.5 Å². The van der Waals surface area contributed by atoms with Crippen molar-refractivity contribution in [3.63, 3.8) is 0 Å². The van der Waals surface area contributed by atoms with Gasteiger partial charge in [0.05, 0.1) is 0 Å². The van der Waals surface area contributed by atoms with Crippen molar-refractivity contribution in [1.29, 1.82) is 0 Å². The highest BCUT2D eigenvalue weighted by molar-refractivity contribution is 5.77. The van der Waals surface area contributed by atoms with E-state index < -0.39 is 0 Å². The Balaban J connectivity index is 1.89. The highest BCUT2D eigenvalue weighted by Crippen LogP contribution is 2.31. The van der Waals surface area contributed by atoms with E-state index in [1.54, 1.807) is 0 Å². The Labute approximate surface area is 104 Å². The van der Waals surface area contributed by atoms with Gasteiger partial charge in [0.2, 0.25) is 0 Å². The molecule has 0 aromatic rings. The molecule has 0 radical (unpaired) electrons. The number of hydrogen-bond acceptors (Lipinski definition) is 3. The Morgan fingerprint density at radius 2 is 1.88 bits per heavy atom. The molecule has 2 aliphatic rings. The normalized spacial score (nSPS) is 29.9. The number of carbonyl (C=O) groups is 1. The minimum atomic E-state index is -0.113. The van der Waals surface area contributed by atoms with Crippen molar-refractivity contribution < 1.29 is 9.53 Å². The Bertz CT molecular complexity index is 269. The zero-order valence-corrected chi connectivity index (χ0v) is 11.1. The summed E-state index contributed by atoms with van der Waals surface area (Å²) in [5, 5.41) is 3.32. The van der Waals surface area contributed by atoms with E-state index in [9.17, 15) is 4.79 Å². The zero-order valence-electron chi connectivity index (χ0n) is 11.1. The summed E-state index contributed by atoms with van der Waals surface area (Å²) in [5.41, 5.74) is 0.0317. The van der Waals surface area contributed by atoms with E-state index in [4.69, 9.17) is 4.74 Å². The molecule has 0 bridgehead atoms. The molecule has 98 valence electrons. The van der Waals surface area contributed by atoms with Crippen molar-refractivity contribution in [2.75, 3.05) is 6.54 Å². The Morgan fingerprint density at radius 1 is 1.18 bits per heavy atom. The average molecular weight is 239 g/mol. The second-order valence-corrected chi connectivity index (χ2v) is 6.18. The maximum Gasteiger partial charge on any atom is 0.323 e. The Hall–Kier alpha value is -0.570. The van der Waals surface area contributed by atoms with Crippen LogP contribution in [0.4, 0.5) is 0 Å². The molecule has 0 aromatic heterocycles.